The minimum Gasteiger partial charge on any atom is -0.342 e. The van der Waals surface area contributed by atoms with Gasteiger partial charge in [0.25, 0.3) is 0 Å². The molecule has 0 spiro atoms. The van der Waals surface area contributed by atoms with Gasteiger partial charge in [-0.15, -0.1) is 12.4 Å². The fourth-order valence-corrected chi connectivity index (χ4v) is 3.62. The molecule has 1 saturated heterocycles. The fraction of sp³-hybridized carbons (Fsp3) is 0.476. The van der Waals surface area contributed by atoms with E-state index in [9.17, 15) is 4.79 Å². The van der Waals surface area contributed by atoms with Crippen LogP contribution < -0.4 is 5.32 Å². The molecule has 4 rings (SSSR count). The van der Waals surface area contributed by atoms with Crippen molar-refractivity contribution in [3.63, 3.8) is 0 Å². The van der Waals surface area contributed by atoms with Gasteiger partial charge in [-0.1, -0.05) is 42.5 Å². The van der Waals surface area contributed by atoms with Crippen molar-refractivity contribution in [2.75, 3.05) is 19.6 Å². The number of rotatable bonds is 5. The summed E-state index contributed by atoms with van der Waals surface area (Å²) in [4.78, 5) is 14.6. The highest BCUT2D eigenvalue weighted by Crippen LogP contribution is 2.28. The summed E-state index contributed by atoms with van der Waals surface area (Å²) in [5, 5.41) is 6.12. The number of amides is 1. The molecule has 1 amide bonds. The Morgan fingerprint density at radius 2 is 1.72 bits per heavy atom. The molecule has 2 fully saturated rings. The van der Waals surface area contributed by atoms with Crippen LogP contribution in [-0.2, 0) is 11.2 Å². The topological polar surface area (TPSA) is 32.3 Å². The molecule has 1 aliphatic heterocycles. The van der Waals surface area contributed by atoms with Crippen molar-refractivity contribution in [3.05, 3.63) is 48.0 Å². The first-order valence-corrected chi connectivity index (χ1v) is 9.27. The van der Waals surface area contributed by atoms with Crippen molar-refractivity contribution in [1.82, 2.24) is 10.2 Å². The number of halogens is 1. The van der Waals surface area contributed by atoms with E-state index < -0.39 is 0 Å². The van der Waals surface area contributed by atoms with Gasteiger partial charge in [-0.2, -0.15) is 0 Å². The Balaban J connectivity index is 0.00000182. The summed E-state index contributed by atoms with van der Waals surface area (Å²) >= 11 is 0. The van der Waals surface area contributed by atoms with Crippen molar-refractivity contribution < 1.29 is 4.79 Å². The lowest BCUT2D eigenvalue weighted by Gasteiger charge is -2.32. The number of fused-ring (bicyclic) bond motifs is 1. The number of likely N-dealkylation sites (tertiary alicyclic amines) is 1. The Bertz CT molecular complexity index is 721. The summed E-state index contributed by atoms with van der Waals surface area (Å²) < 4.78 is 0. The van der Waals surface area contributed by atoms with Gasteiger partial charge in [-0.3, -0.25) is 4.79 Å². The molecular formula is C21H27ClN2O. The molecule has 1 aliphatic carbocycles. The monoisotopic (exact) mass is 358 g/mol. The number of nitrogens with zero attached hydrogens (tertiary/aromatic N) is 1. The summed E-state index contributed by atoms with van der Waals surface area (Å²) in [7, 11) is 0. The standard InChI is InChI=1S/C21H26N2O.ClH/c24-21(14-17-7-8-18-3-1-2-4-19(18)13-17)23-11-9-20(10-12-23)22-15-16-5-6-16;/h1-4,7-8,13,16,20,22H,5-6,9-12,14-15H2;1H. The summed E-state index contributed by atoms with van der Waals surface area (Å²) in [6.07, 6.45) is 5.50. The summed E-state index contributed by atoms with van der Waals surface area (Å²) in [5.74, 6) is 1.20. The van der Waals surface area contributed by atoms with Gasteiger partial charge in [-0.25, -0.2) is 0 Å². The van der Waals surface area contributed by atoms with Crippen LogP contribution in [0.15, 0.2) is 42.5 Å². The molecule has 2 aromatic rings. The van der Waals surface area contributed by atoms with Crippen LogP contribution in [0.4, 0.5) is 0 Å². The highest BCUT2D eigenvalue weighted by molar-refractivity contribution is 5.86. The van der Waals surface area contributed by atoms with Gasteiger partial charge in [0.2, 0.25) is 5.91 Å². The Hall–Kier alpha value is -1.58. The summed E-state index contributed by atoms with van der Waals surface area (Å²) in [6, 6.07) is 15.3. The molecule has 0 aromatic heterocycles. The maximum Gasteiger partial charge on any atom is 0.226 e. The van der Waals surface area contributed by atoms with E-state index in [1.54, 1.807) is 0 Å². The maximum atomic E-state index is 12.6. The van der Waals surface area contributed by atoms with Gasteiger partial charge in [-0.05, 0) is 54.5 Å². The number of carbonyl (C=O) groups is 1. The molecule has 2 aromatic carbocycles. The third-order valence-electron chi connectivity index (χ3n) is 5.41. The van der Waals surface area contributed by atoms with Crippen molar-refractivity contribution in [1.29, 1.82) is 0 Å². The van der Waals surface area contributed by atoms with Crippen LogP contribution in [0.25, 0.3) is 10.8 Å². The second kappa shape index (κ2) is 8.20. The van der Waals surface area contributed by atoms with Crippen LogP contribution in [0.5, 0.6) is 0 Å². The van der Waals surface area contributed by atoms with Crippen molar-refractivity contribution in [2.24, 2.45) is 5.92 Å². The van der Waals surface area contributed by atoms with Crippen LogP contribution in [0.1, 0.15) is 31.2 Å². The van der Waals surface area contributed by atoms with E-state index in [0.29, 0.717) is 12.5 Å². The van der Waals surface area contributed by atoms with E-state index in [1.165, 1.54) is 30.2 Å². The van der Waals surface area contributed by atoms with E-state index >= 15 is 0 Å². The molecule has 0 atom stereocenters. The Kier molecular flexibility index (Phi) is 5.98. The largest absolute Gasteiger partial charge is 0.342 e. The Morgan fingerprint density at radius 3 is 2.44 bits per heavy atom. The Morgan fingerprint density at radius 1 is 1.00 bits per heavy atom. The van der Waals surface area contributed by atoms with Crippen molar-refractivity contribution >= 4 is 29.1 Å². The van der Waals surface area contributed by atoms with Gasteiger partial charge in [0.1, 0.15) is 0 Å². The van der Waals surface area contributed by atoms with Gasteiger partial charge in [0, 0.05) is 19.1 Å². The molecule has 0 unspecified atom stereocenters. The van der Waals surface area contributed by atoms with E-state index in [0.717, 1.165) is 37.4 Å². The lowest BCUT2D eigenvalue weighted by atomic mass is 10.0. The summed E-state index contributed by atoms with van der Waals surface area (Å²) in [5.41, 5.74) is 1.12. The zero-order valence-corrected chi connectivity index (χ0v) is 15.4. The minimum absolute atomic E-state index is 0. The SMILES string of the molecule is Cl.O=C(Cc1ccc2ccccc2c1)N1CCC(NCC2CC2)CC1. The van der Waals surface area contributed by atoms with E-state index in [1.807, 2.05) is 11.0 Å². The van der Waals surface area contributed by atoms with Crippen LogP contribution in [0.2, 0.25) is 0 Å². The lowest BCUT2D eigenvalue weighted by molar-refractivity contribution is -0.131. The van der Waals surface area contributed by atoms with Crippen LogP contribution >= 0.6 is 12.4 Å². The quantitative estimate of drug-likeness (QED) is 0.881. The zero-order valence-electron chi connectivity index (χ0n) is 14.6. The molecule has 1 saturated carbocycles. The van der Waals surface area contributed by atoms with E-state index in [4.69, 9.17) is 0 Å². The first-order chi connectivity index (χ1) is 11.8. The van der Waals surface area contributed by atoms with Gasteiger partial charge < -0.3 is 10.2 Å². The number of hydrogen-bond donors (Lipinski definition) is 1. The zero-order chi connectivity index (χ0) is 16.4. The number of piperidine rings is 1. The normalized spacial score (nSPS) is 18.2. The highest BCUT2D eigenvalue weighted by Gasteiger charge is 2.25. The third-order valence-corrected chi connectivity index (χ3v) is 5.41. The molecule has 1 heterocycles. The molecule has 4 heteroatoms. The number of carbonyl (C=O) groups excluding carboxylic acids is 1. The third kappa shape index (κ3) is 4.74. The lowest BCUT2D eigenvalue weighted by Crippen LogP contribution is -2.45. The van der Waals surface area contributed by atoms with Crippen LogP contribution in [-0.4, -0.2) is 36.5 Å². The average molecular weight is 359 g/mol. The van der Waals surface area contributed by atoms with Crippen molar-refractivity contribution in [2.45, 2.75) is 38.1 Å². The number of benzene rings is 2. The van der Waals surface area contributed by atoms with Crippen LogP contribution in [0.3, 0.4) is 0 Å². The predicted octanol–water partition coefficient (Wildman–Crippen LogP) is 3.79. The maximum absolute atomic E-state index is 12.6. The molecule has 134 valence electrons. The van der Waals surface area contributed by atoms with Crippen LogP contribution in [0, 0.1) is 5.92 Å². The van der Waals surface area contributed by atoms with Gasteiger partial charge in [0.15, 0.2) is 0 Å². The molecule has 0 bridgehead atoms. The minimum atomic E-state index is 0. The van der Waals surface area contributed by atoms with Gasteiger partial charge >= 0.3 is 0 Å². The second-order valence-electron chi connectivity index (χ2n) is 7.36. The van der Waals surface area contributed by atoms with E-state index in [-0.39, 0.29) is 18.3 Å². The first-order valence-electron chi connectivity index (χ1n) is 9.27. The number of nitrogens with one attached hydrogen (secondary N) is 1. The van der Waals surface area contributed by atoms with E-state index in [2.05, 4.69) is 41.7 Å². The molecule has 3 nitrogen and oxygen atoms in total. The Labute approximate surface area is 156 Å². The smallest absolute Gasteiger partial charge is 0.226 e. The number of hydrogen-bond acceptors (Lipinski definition) is 2. The molecule has 2 aliphatic rings. The second-order valence-corrected chi connectivity index (χ2v) is 7.36. The predicted molar refractivity (Wildman–Crippen MR) is 105 cm³/mol. The fourth-order valence-electron chi connectivity index (χ4n) is 3.62. The molecule has 25 heavy (non-hydrogen) atoms. The molecule has 0 radical (unpaired) electrons. The van der Waals surface area contributed by atoms with Crippen molar-refractivity contribution in [3.8, 4) is 0 Å². The summed E-state index contributed by atoms with van der Waals surface area (Å²) in [6.45, 7) is 2.97. The molecular weight excluding hydrogens is 332 g/mol. The first kappa shape index (κ1) is 18.2. The van der Waals surface area contributed by atoms with Gasteiger partial charge in [0.05, 0.1) is 6.42 Å². The molecule has 1 N–H and O–H groups in total. The highest BCUT2D eigenvalue weighted by atomic mass is 35.5. The average Bonchev–Trinajstić information content (AvgIpc) is 3.45.